The largest absolute Gasteiger partial charge is 0.480 e. The Morgan fingerprint density at radius 2 is 1.95 bits per heavy atom. The molecule has 1 saturated heterocycles. The molecular formula is C14H9NO5S2. The molecule has 8 heteroatoms. The van der Waals surface area contributed by atoms with Gasteiger partial charge in [-0.05, 0) is 6.07 Å². The van der Waals surface area contributed by atoms with Gasteiger partial charge in [0.15, 0.2) is 0 Å². The number of carbonyl (C=O) groups excluding carboxylic acids is 2. The monoisotopic (exact) mass is 335 g/mol. The van der Waals surface area contributed by atoms with Crippen LogP contribution in [0, 0.1) is 5.92 Å². The summed E-state index contributed by atoms with van der Waals surface area (Å²) in [6, 6.07) is 7.06. The summed E-state index contributed by atoms with van der Waals surface area (Å²) in [4.78, 5) is 39.5. The molecule has 3 aliphatic heterocycles. The molecule has 1 aromatic rings. The van der Waals surface area contributed by atoms with Crippen LogP contribution in [-0.4, -0.2) is 37.8 Å². The minimum absolute atomic E-state index is 0.313. The van der Waals surface area contributed by atoms with Gasteiger partial charge in [-0.3, -0.25) is 14.4 Å². The number of carboxylic acids is 1. The van der Waals surface area contributed by atoms with Gasteiger partial charge in [-0.15, -0.1) is 0 Å². The van der Waals surface area contributed by atoms with E-state index < -0.39 is 29.0 Å². The van der Waals surface area contributed by atoms with Gasteiger partial charge in [0.05, 0.1) is 16.2 Å². The van der Waals surface area contributed by atoms with Crippen molar-refractivity contribution in [3.05, 3.63) is 29.8 Å². The van der Waals surface area contributed by atoms with Crippen LogP contribution in [0.4, 0.5) is 4.79 Å². The minimum Gasteiger partial charge on any atom is -0.480 e. The molecule has 1 amide bonds. The maximum Gasteiger partial charge on any atom is 0.317 e. The Kier molecular flexibility index (Phi) is 3.05. The lowest BCUT2D eigenvalue weighted by Crippen LogP contribution is -2.50. The van der Waals surface area contributed by atoms with Crippen molar-refractivity contribution in [1.29, 1.82) is 0 Å². The van der Waals surface area contributed by atoms with Crippen molar-refractivity contribution in [2.45, 2.75) is 16.4 Å². The Morgan fingerprint density at radius 1 is 1.18 bits per heavy atom. The summed E-state index contributed by atoms with van der Waals surface area (Å²) in [5.74, 6) is -2.44. The fraction of sp³-hybridized carbons (Fsp3) is 0.286. The Labute approximate surface area is 133 Å². The number of para-hydroxylation sites is 1. The molecule has 112 valence electrons. The smallest absolute Gasteiger partial charge is 0.317 e. The zero-order valence-electron chi connectivity index (χ0n) is 11.0. The molecule has 1 aromatic carbocycles. The van der Waals surface area contributed by atoms with Gasteiger partial charge in [-0.2, -0.15) is 0 Å². The van der Waals surface area contributed by atoms with Crippen LogP contribution in [0.5, 0.6) is 5.75 Å². The summed E-state index contributed by atoms with van der Waals surface area (Å²) in [6.07, 6.45) is 0. The molecule has 4 atom stereocenters. The number of fused-ring (bicyclic) bond motifs is 5. The average molecular weight is 335 g/mol. The van der Waals surface area contributed by atoms with Crippen LogP contribution in [0.1, 0.15) is 11.5 Å². The molecule has 4 unspecified atom stereocenters. The molecule has 0 saturated carbocycles. The van der Waals surface area contributed by atoms with Gasteiger partial charge < -0.3 is 9.84 Å². The quantitative estimate of drug-likeness (QED) is 0.621. The second-order valence-corrected chi connectivity index (χ2v) is 7.40. The second kappa shape index (κ2) is 4.85. The van der Waals surface area contributed by atoms with Crippen LogP contribution >= 0.6 is 23.5 Å². The third-order valence-corrected chi connectivity index (χ3v) is 6.51. The topological polar surface area (TPSA) is 93.0 Å². The summed E-state index contributed by atoms with van der Waals surface area (Å²) in [5, 5.41) is 8.30. The lowest BCUT2D eigenvalue weighted by molar-refractivity contribution is -0.147. The van der Waals surface area contributed by atoms with Crippen LogP contribution in [0.25, 0.3) is 0 Å². The molecule has 0 aromatic heterocycles. The average Bonchev–Trinajstić information content (AvgIpc) is 2.86. The SMILES string of the molecule is O=C1N=C2SC(C(=O)O)C3C(=O)Oc4ccccc4C3C2S1. The van der Waals surface area contributed by atoms with E-state index in [2.05, 4.69) is 4.99 Å². The highest BCUT2D eigenvalue weighted by Crippen LogP contribution is 2.54. The predicted molar refractivity (Wildman–Crippen MR) is 81.5 cm³/mol. The molecule has 3 aliphatic rings. The summed E-state index contributed by atoms with van der Waals surface area (Å²) in [5.41, 5.74) is 0.763. The number of rotatable bonds is 1. The van der Waals surface area contributed by atoms with Gasteiger partial charge in [0.25, 0.3) is 0 Å². The number of carboxylic acid groups (broad SMARTS) is 1. The van der Waals surface area contributed by atoms with Crippen LogP contribution in [0.2, 0.25) is 0 Å². The highest BCUT2D eigenvalue weighted by Gasteiger charge is 2.56. The minimum atomic E-state index is -1.10. The van der Waals surface area contributed by atoms with Gasteiger partial charge in [-0.1, -0.05) is 41.7 Å². The lowest BCUT2D eigenvalue weighted by Gasteiger charge is -2.41. The van der Waals surface area contributed by atoms with Crippen molar-refractivity contribution in [2.24, 2.45) is 10.9 Å². The van der Waals surface area contributed by atoms with E-state index in [4.69, 9.17) is 4.74 Å². The number of hydrogen-bond acceptors (Lipinski definition) is 6. The first-order valence-corrected chi connectivity index (χ1v) is 8.31. The first-order valence-electron chi connectivity index (χ1n) is 6.55. The molecule has 1 N–H and O–H groups in total. The summed E-state index contributed by atoms with van der Waals surface area (Å²) >= 11 is 2.04. The number of hydrogen-bond donors (Lipinski definition) is 1. The molecule has 0 aliphatic carbocycles. The first-order chi connectivity index (χ1) is 10.6. The molecule has 0 bridgehead atoms. The van der Waals surface area contributed by atoms with Crippen LogP contribution in [0.3, 0.4) is 0 Å². The van der Waals surface area contributed by atoms with Crippen molar-refractivity contribution >= 4 is 45.7 Å². The van der Waals surface area contributed by atoms with E-state index >= 15 is 0 Å². The molecular weight excluding hydrogens is 326 g/mol. The van der Waals surface area contributed by atoms with Crippen molar-refractivity contribution in [1.82, 2.24) is 0 Å². The van der Waals surface area contributed by atoms with Crippen molar-refractivity contribution in [3.8, 4) is 5.75 Å². The van der Waals surface area contributed by atoms with Gasteiger partial charge in [0.1, 0.15) is 11.0 Å². The van der Waals surface area contributed by atoms with Gasteiger partial charge in [0, 0.05) is 11.5 Å². The number of aliphatic carboxylic acids is 1. The number of amides is 1. The molecule has 0 spiro atoms. The highest BCUT2D eigenvalue weighted by atomic mass is 32.2. The number of esters is 1. The first kappa shape index (κ1) is 13.8. The lowest BCUT2D eigenvalue weighted by atomic mass is 9.78. The molecule has 6 nitrogen and oxygen atoms in total. The third kappa shape index (κ3) is 1.90. The van der Waals surface area contributed by atoms with Crippen molar-refractivity contribution in [2.75, 3.05) is 0 Å². The molecule has 0 radical (unpaired) electrons. The zero-order chi connectivity index (χ0) is 15.4. The van der Waals surface area contributed by atoms with E-state index in [1.807, 2.05) is 12.1 Å². The Morgan fingerprint density at radius 3 is 2.73 bits per heavy atom. The number of carbonyl (C=O) groups is 3. The second-order valence-electron chi connectivity index (χ2n) is 5.14. The Bertz CT molecular complexity index is 747. The number of thioether (sulfide) groups is 2. The fourth-order valence-corrected chi connectivity index (χ4v) is 5.65. The van der Waals surface area contributed by atoms with E-state index in [1.165, 1.54) is 0 Å². The standard InChI is InChI=1S/C14H9NO5S2/c16-12(17)10-8-7(9-11(21-10)15-14(19)22-9)5-3-1-2-4-6(5)20-13(8)18/h1-4,7-10H,(H,16,17). The van der Waals surface area contributed by atoms with Crippen LogP contribution in [-0.2, 0) is 9.59 Å². The van der Waals surface area contributed by atoms with E-state index in [-0.39, 0.29) is 10.5 Å². The zero-order valence-corrected chi connectivity index (χ0v) is 12.6. The number of aliphatic imine (C=N–C) groups is 1. The predicted octanol–water partition coefficient (Wildman–Crippen LogP) is 2.14. The maximum atomic E-state index is 12.3. The molecule has 1 fully saturated rings. The molecule has 22 heavy (non-hydrogen) atoms. The van der Waals surface area contributed by atoms with Gasteiger partial charge >= 0.3 is 17.2 Å². The highest BCUT2D eigenvalue weighted by molar-refractivity contribution is 8.22. The van der Waals surface area contributed by atoms with Crippen LogP contribution in [0.15, 0.2) is 29.3 Å². The fourth-order valence-electron chi connectivity index (χ4n) is 3.10. The number of benzene rings is 1. The van der Waals surface area contributed by atoms with E-state index in [0.29, 0.717) is 10.8 Å². The van der Waals surface area contributed by atoms with Crippen molar-refractivity contribution in [3.63, 3.8) is 0 Å². The van der Waals surface area contributed by atoms with E-state index in [0.717, 1.165) is 29.1 Å². The molecule has 3 heterocycles. The Balaban J connectivity index is 1.89. The molecule has 4 rings (SSSR count). The third-order valence-electron chi connectivity index (χ3n) is 3.96. The van der Waals surface area contributed by atoms with E-state index in [1.54, 1.807) is 12.1 Å². The summed E-state index contributed by atoms with van der Waals surface area (Å²) < 4.78 is 5.31. The number of ether oxygens (including phenoxy) is 1. The van der Waals surface area contributed by atoms with Crippen LogP contribution < -0.4 is 4.74 Å². The van der Waals surface area contributed by atoms with Gasteiger partial charge in [-0.25, -0.2) is 4.99 Å². The normalized spacial score (nSPS) is 32.5. The summed E-state index contributed by atoms with van der Waals surface area (Å²) in [7, 11) is 0. The van der Waals surface area contributed by atoms with Crippen molar-refractivity contribution < 1.29 is 24.2 Å². The summed E-state index contributed by atoms with van der Waals surface area (Å²) in [6.45, 7) is 0. The number of nitrogens with zero attached hydrogens (tertiary/aromatic N) is 1. The maximum absolute atomic E-state index is 12.3. The van der Waals surface area contributed by atoms with E-state index in [9.17, 15) is 19.5 Å². The Hall–Kier alpha value is -1.80. The van der Waals surface area contributed by atoms with Gasteiger partial charge in [0.2, 0.25) is 0 Å².